The monoisotopic (exact) mass is 702 g/mol. The Hall–Kier alpha value is -7.30. The fraction of sp³-hybridized carbons (Fsp3) is 0.0196. The number of benzene rings is 7. The molecule has 4 nitrogen and oxygen atoms in total. The summed E-state index contributed by atoms with van der Waals surface area (Å²) in [6.45, 7) is 0. The third-order valence-electron chi connectivity index (χ3n) is 10.7. The van der Waals surface area contributed by atoms with E-state index in [-0.39, 0.29) is 0 Å². The lowest BCUT2D eigenvalue weighted by Gasteiger charge is -2.34. The van der Waals surface area contributed by atoms with Crippen molar-refractivity contribution in [1.82, 2.24) is 19.9 Å². The number of nitrogens with zero attached hydrogens (tertiary/aromatic N) is 4. The summed E-state index contributed by atoms with van der Waals surface area (Å²) in [6.07, 6.45) is 3.72. The number of pyridine rings is 1. The number of fused-ring (bicyclic) bond motifs is 3. The molecule has 2 aromatic heterocycles. The van der Waals surface area contributed by atoms with E-state index in [4.69, 9.17) is 15.0 Å². The van der Waals surface area contributed by atoms with Gasteiger partial charge in [0.1, 0.15) is 0 Å². The summed E-state index contributed by atoms with van der Waals surface area (Å²) in [5, 5.41) is 0. The maximum Gasteiger partial charge on any atom is 0.164 e. The quantitative estimate of drug-likeness (QED) is 0.166. The lowest BCUT2D eigenvalue weighted by Crippen LogP contribution is -2.28. The van der Waals surface area contributed by atoms with E-state index in [0.29, 0.717) is 17.5 Å². The third kappa shape index (κ3) is 5.63. The van der Waals surface area contributed by atoms with E-state index >= 15 is 0 Å². The van der Waals surface area contributed by atoms with E-state index < -0.39 is 5.41 Å². The van der Waals surface area contributed by atoms with Crippen LogP contribution in [0.1, 0.15) is 22.3 Å². The second-order valence-corrected chi connectivity index (χ2v) is 13.9. The van der Waals surface area contributed by atoms with Crippen LogP contribution >= 0.6 is 0 Å². The molecule has 2 heterocycles. The van der Waals surface area contributed by atoms with Crippen molar-refractivity contribution < 1.29 is 0 Å². The van der Waals surface area contributed by atoms with Crippen molar-refractivity contribution >= 4 is 0 Å². The van der Waals surface area contributed by atoms with Gasteiger partial charge >= 0.3 is 0 Å². The first-order valence-corrected chi connectivity index (χ1v) is 18.5. The zero-order chi connectivity index (χ0) is 36.6. The van der Waals surface area contributed by atoms with Crippen LogP contribution in [0.2, 0.25) is 0 Å². The van der Waals surface area contributed by atoms with Gasteiger partial charge in [-0.15, -0.1) is 0 Å². The second-order valence-electron chi connectivity index (χ2n) is 13.9. The summed E-state index contributed by atoms with van der Waals surface area (Å²) in [7, 11) is 0. The van der Waals surface area contributed by atoms with Crippen molar-refractivity contribution in [2.45, 2.75) is 5.41 Å². The Balaban J connectivity index is 1.10. The predicted octanol–water partition coefficient (Wildman–Crippen LogP) is 12.0. The molecule has 0 atom stereocenters. The molecule has 0 amide bonds. The Labute approximate surface area is 320 Å². The Bertz CT molecular complexity index is 2690. The molecule has 0 unspecified atom stereocenters. The van der Waals surface area contributed by atoms with Gasteiger partial charge in [-0.3, -0.25) is 4.98 Å². The molecule has 0 bridgehead atoms. The van der Waals surface area contributed by atoms with Gasteiger partial charge in [0.25, 0.3) is 0 Å². The van der Waals surface area contributed by atoms with Gasteiger partial charge < -0.3 is 0 Å². The minimum atomic E-state index is -0.529. The molecule has 0 spiro atoms. The van der Waals surface area contributed by atoms with E-state index in [2.05, 4.69) is 138 Å². The molecule has 9 aromatic rings. The topological polar surface area (TPSA) is 51.6 Å². The van der Waals surface area contributed by atoms with Crippen LogP contribution in [0, 0.1) is 0 Å². The average molecular weight is 703 g/mol. The van der Waals surface area contributed by atoms with E-state index in [1.807, 2.05) is 73.1 Å². The van der Waals surface area contributed by atoms with Crippen molar-refractivity contribution in [3.63, 3.8) is 0 Å². The number of rotatable bonds is 7. The van der Waals surface area contributed by atoms with Gasteiger partial charge in [0.2, 0.25) is 0 Å². The van der Waals surface area contributed by atoms with Gasteiger partial charge in [0.05, 0.1) is 5.41 Å². The second kappa shape index (κ2) is 13.6. The lowest BCUT2D eigenvalue weighted by atomic mass is 9.67. The van der Waals surface area contributed by atoms with Gasteiger partial charge in [-0.25, -0.2) is 15.0 Å². The molecule has 1 aliphatic carbocycles. The van der Waals surface area contributed by atoms with E-state index in [9.17, 15) is 0 Å². The smallest absolute Gasteiger partial charge is 0.164 e. The van der Waals surface area contributed by atoms with Crippen molar-refractivity contribution in [2.75, 3.05) is 0 Å². The van der Waals surface area contributed by atoms with Gasteiger partial charge in [-0.2, -0.15) is 0 Å². The van der Waals surface area contributed by atoms with E-state index in [1.54, 1.807) is 0 Å². The van der Waals surface area contributed by atoms with Gasteiger partial charge in [-0.1, -0.05) is 170 Å². The van der Waals surface area contributed by atoms with Gasteiger partial charge in [0, 0.05) is 29.1 Å². The van der Waals surface area contributed by atoms with E-state index in [1.165, 1.54) is 33.4 Å². The first-order chi connectivity index (χ1) is 27.3. The molecular weight excluding hydrogens is 669 g/mol. The molecule has 258 valence electrons. The molecule has 0 N–H and O–H groups in total. The normalized spacial score (nSPS) is 12.5. The standard InChI is InChI=1S/C51H34N4/c1-3-13-37(14-4-1)48-53-49(38-15-5-2-6-16-38)55-50(54-48)39-27-25-35(26-28-39)40-17-11-19-42(33-40)51(43-20-12-18-41(34-43)36-29-31-52-32-30-36)46-23-9-7-21-44(46)45-22-8-10-24-47(45)51/h1-34H. The Morgan fingerprint density at radius 3 is 1.16 bits per heavy atom. The van der Waals surface area contributed by atoms with Crippen LogP contribution in [0.25, 0.3) is 67.5 Å². The SMILES string of the molecule is c1ccc(-c2nc(-c3ccccc3)nc(-c3ccc(-c4cccc(C5(c6cccc(-c7ccncc7)c6)c6ccccc6-c6ccccc65)c4)cc3)n2)cc1. The minimum absolute atomic E-state index is 0.529. The third-order valence-corrected chi connectivity index (χ3v) is 10.7. The number of hydrogen-bond acceptors (Lipinski definition) is 4. The van der Waals surface area contributed by atoms with Crippen molar-refractivity contribution in [3.8, 4) is 67.5 Å². The van der Waals surface area contributed by atoms with Crippen LogP contribution in [0.15, 0.2) is 207 Å². The first-order valence-electron chi connectivity index (χ1n) is 18.5. The maximum absolute atomic E-state index is 4.96. The van der Waals surface area contributed by atoms with Crippen molar-refractivity contribution in [1.29, 1.82) is 0 Å². The maximum atomic E-state index is 4.96. The Morgan fingerprint density at radius 1 is 0.291 bits per heavy atom. The Morgan fingerprint density at radius 2 is 0.673 bits per heavy atom. The summed E-state index contributed by atoms with van der Waals surface area (Å²) in [5.41, 5.74) is 14.4. The molecule has 0 saturated heterocycles. The lowest BCUT2D eigenvalue weighted by molar-refractivity contribution is 0.769. The fourth-order valence-electron chi connectivity index (χ4n) is 8.18. The molecule has 10 rings (SSSR count). The highest BCUT2D eigenvalue weighted by molar-refractivity contribution is 5.87. The fourth-order valence-corrected chi connectivity index (χ4v) is 8.18. The van der Waals surface area contributed by atoms with Crippen LogP contribution < -0.4 is 0 Å². The highest BCUT2D eigenvalue weighted by Crippen LogP contribution is 2.56. The van der Waals surface area contributed by atoms with Crippen LogP contribution in [0.5, 0.6) is 0 Å². The first kappa shape index (κ1) is 32.4. The molecule has 0 saturated carbocycles. The summed E-state index contributed by atoms with van der Waals surface area (Å²) >= 11 is 0. The average Bonchev–Trinajstić information content (AvgIpc) is 3.58. The molecule has 4 heteroatoms. The molecular formula is C51H34N4. The molecule has 0 fully saturated rings. The van der Waals surface area contributed by atoms with Crippen LogP contribution in [-0.2, 0) is 5.41 Å². The van der Waals surface area contributed by atoms with Gasteiger partial charge in [0.15, 0.2) is 17.5 Å². The predicted molar refractivity (Wildman–Crippen MR) is 222 cm³/mol. The molecule has 1 aliphatic rings. The van der Waals surface area contributed by atoms with Crippen molar-refractivity contribution in [3.05, 3.63) is 229 Å². The summed E-state index contributed by atoms with van der Waals surface area (Å²) < 4.78 is 0. The summed E-state index contributed by atoms with van der Waals surface area (Å²) in [6, 6.07) is 68.8. The minimum Gasteiger partial charge on any atom is -0.265 e. The molecule has 0 aliphatic heterocycles. The molecule has 7 aromatic carbocycles. The van der Waals surface area contributed by atoms with Crippen molar-refractivity contribution in [2.24, 2.45) is 0 Å². The largest absolute Gasteiger partial charge is 0.265 e. The Kier molecular flexibility index (Phi) is 8.00. The highest BCUT2D eigenvalue weighted by Gasteiger charge is 2.46. The number of aromatic nitrogens is 4. The summed E-state index contributed by atoms with van der Waals surface area (Å²) in [4.78, 5) is 19.1. The van der Waals surface area contributed by atoms with E-state index in [0.717, 1.165) is 38.9 Å². The molecule has 55 heavy (non-hydrogen) atoms. The zero-order valence-corrected chi connectivity index (χ0v) is 29.9. The zero-order valence-electron chi connectivity index (χ0n) is 29.9. The van der Waals surface area contributed by atoms with Crippen LogP contribution in [0.3, 0.4) is 0 Å². The highest BCUT2D eigenvalue weighted by atomic mass is 15.0. The van der Waals surface area contributed by atoms with Crippen LogP contribution in [-0.4, -0.2) is 19.9 Å². The van der Waals surface area contributed by atoms with Crippen LogP contribution in [0.4, 0.5) is 0 Å². The van der Waals surface area contributed by atoms with Gasteiger partial charge in [-0.05, 0) is 79.9 Å². The molecule has 0 radical (unpaired) electrons. The summed E-state index contributed by atoms with van der Waals surface area (Å²) in [5.74, 6) is 1.94. The number of hydrogen-bond donors (Lipinski definition) is 0.